The number of carboxylic acids is 1. The van der Waals surface area contributed by atoms with Gasteiger partial charge in [0, 0.05) is 37.0 Å². The van der Waals surface area contributed by atoms with Gasteiger partial charge < -0.3 is 15.3 Å². The van der Waals surface area contributed by atoms with Gasteiger partial charge in [0.05, 0.1) is 6.42 Å². The second kappa shape index (κ2) is 9.78. The minimum Gasteiger partial charge on any atom is -0.481 e. The van der Waals surface area contributed by atoms with Gasteiger partial charge in [0.25, 0.3) is 0 Å². The van der Waals surface area contributed by atoms with E-state index in [4.69, 9.17) is 16.7 Å². The number of aliphatic carboxylic acids is 1. The summed E-state index contributed by atoms with van der Waals surface area (Å²) >= 11 is 5.88. The molecule has 1 aliphatic heterocycles. The summed E-state index contributed by atoms with van der Waals surface area (Å²) < 4.78 is 0. The number of nitrogens with one attached hydrogen (secondary N) is 1. The maximum absolute atomic E-state index is 12.1. The molecule has 1 aliphatic rings. The number of rotatable bonds is 8. The summed E-state index contributed by atoms with van der Waals surface area (Å²) in [7, 11) is 0. The number of benzene rings is 1. The third kappa shape index (κ3) is 7.04. The van der Waals surface area contributed by atoms with Crippen molar-refractivity contribution in [2.24, 2.45) is 5.92 Å². The zero-order valence-corrected chi connectivity index (χ0v) is 15.5. The first-order chi connectivity index (χ1) is 11.9. The molecule has 2 atom stereocenters. The van der Waals surface area contributed by atoms with Gasteiger partial charge in [-0.3, -0.25) is 9.59 Å². The van der Waals surface area contributed by atoms with Crippen LogP contribution in [0.15, 0.2) is 24.3 Å². The molecule has 0 aromatic heterocycles. The monoisotopic (exact) mass is 366 g/mol. The average molecular weight is 367 g/mol. The van der Waals surface area contributed by atoms with Crippen LogP contribution < -0.4 is 5.32 Å². The quantitative estimate of drug-likeness (QED) is 0.741. The maximum Gasteiger partial charge on any atom is 0.304 e. The standard InChI is InChI=1S/C19H27ClN2O3/c1-14-3-2-9-22(13-14)10-8-18(23)21-12-16(11-19(24)25)15-4-6-17(20)7-5-15/h4-7,14,16H,2-3,8-13H2,1H3,(H,21,23)(H,24,25). The number of piperidine rings is 1. The van der Waals surface area contributed by atoms with E-state index in [0.717, 1.165) is 25.2 Å². The number of carbonyl (C=O) groups is 2. The van der Waals surface area contributed by atoms with E-state index in [1.54, 1.807) is 12.1 Å². The number of carbonyl (C=O) groups excluding carboxylic acids is 1. The lowest BCUT2D eigenvalue weighted by atomic mass is 9.95. The van der Waals surface area contributed by atoms with Crippen LogP contribution in [0.5, 0.6) is 0 Å². The molecule has 2 rings (SSSR count). The molecule has 1 fully saturated rings. The number of amides is 1. The second-order valence-electron chi connectivity index (χ2n) is 6.95. The number of carboxylic acid groups (broad SMARTS) is 1. The number of hydrogen-bond acceptors (Lipinski definition) is 3. The van der Waals surface area contributed by atoms with Crippen molar-refractivity contribution in [2.75, 3.05) is 26.2 Å². The van der Waals surface area contributed by atoms with Crippen molar-refractivity contribution >= 4 is 23.5 Å². The molecule has 1 heterocycles. The van der Waals surface area contributed by atoms with E-state index in [2.05, 4.69) is 17.1 Å². The van der Waals surface area contributed by atoms with Crippen LogP contribution in [0.3, 0.4) is 0 Å². The van der Waals surface area contributed by atoms with Crippen LogP contribution in [0.1, 0.15) is 44.1 Å². The number of nitrogens with zero attached hydrogens (tertiary/aromatic N) is 1. The molecule has 138 valence electrons. The zero-order valence-electron chi connectivity index (χ0n) is 14.7. The highest BCUT2D eigenvalue weighted by Gasteiger charge is 2.19. The van der Waals surface area contributed by atoms with Gasteiger partial charge in [-0.05, 0) is 43.0 Å². The maximum atomic E-state index is 12.1. The molecule has 1 aromatic carbocycles. The van der Waals surface area contributed by atoms with E-state index < -0.39 is 5.97 Å². The predicted molar refractivity (Wildman–Crippen MR) is 98.9 cm³/mol. The normalized spacial score (nSPS) is 19.4. The Hall–Kier alpha value is -1.59. The van der Waals surface area contributed by atoms with Crippen molar-refractivity contribution in [3.05, 3.63) is 34.9 Å². The van der Waals surface area contributed by atoms with E-state index in [1.165, 1.54) is 12.8 Å². The van der Waals surface area contributed by atoms with Crippen LogP contribution in [0.25, 0.3) is 0 Å². The molecule has 1 saturated heterocycles. The molecule has 6 heteroatoms. The lowest BCUT2D eigenvalue weighted by molar-refractivity contribution is -0.137. The summed E-state index contributed by atoms with van der Waals surface area (Å²) in [6.07, 6.45) is 2.89. The van der Waals surface area contributed by atoms with Gasteiger partial charge in [0.2, 0.25) is 5.91 Å². The summed E-state index contributed by atoms with van der Waals surface area (Å²) in [5.41, 5.74) is 0.872. The summed E-state index contributed by atoms with van der Waals surface area (Å²) in [6, 6.07) is 7.12. The fourth-order valence-corrected chi connectivity index (χ4v) is 3.45. The highest BCUT2D eigenvalue weighted by atomic mass is 35.5. The molecule has 25 heavy (non-hydrogen) atoms. The minimum atomic E-state index is -0.878. The SMILES string of the molecule is CC1CCCN(CCC(=O)NCC(CC(=O)O)c2ccc(Cl)cc2)C1. The van der Waals surface area contributed by atoms with E-state index in [9.17, 15) is 9.59 Å². The van der Waals surface area contributed by atoms with Gasteiger partial charge in [-0.15, -0.1) is 0 Å². The first kappa shape index (κ1) is 19.7. The van der Waals surface area contributed by atoms with Gasteiger partial charge >= 0.3 is 5.97 Å². The second-order valence-corrected chi connectivity index (χ2v) is 7.38. The van der Waals surface area contributed by atoms with Crippen molar-refractivity contribution < 1.29 is 14.7 Å². The third-order valence-corrected chi connectivity index (χ3v) is 4.96. The molecule has 2 unspecified atom stereocenters. The Labute approximate surface area is 154 Å². The minimum absolute atomic E-state index is 0.0223. The van der Waals surface area contributed by atoms with E-state index in [-0.39, 0.29) is 18.2 Å². The summed E-state index contributed by atoms with van der Waals surface area (Å²) in [5.74, 6) is -0.463. The summed E-state index contributed by atoms with van der Waals surface area (Å²) in [4.78, 5) is 25.6. The van der Waals surface area contributed by atoms with Crippen molar-refractivity contribution in [1.82, 2.24) is 10.2 Å². The first-order valence-corrected chi connectivity index (χ1v) is 9.28. The molecule has 0 spiro atoms. The largest absolute Gasteiger partial charge is 0.481 e. The van der Waals surface area contributed by atoms with Crippen molar-refractivity contribution in [3.8, 4) is 0 Å². The van der Waals surface area contributed by atoms with Gasteiger partial charge in [-0.1, -0.05) is 30.7 Å². The highest BCUT2D eigenvalue weighted by Crippen LogP contribution is 2.21. The van der Waals surface area contributed by atoms with Crippen molar-refractivity contribution in [2.45, 2.75) is 38.5 Å². The van der Waals surface area contributed by atoms with E-state index in [1.807, 2.05) is 12.1 Å². The Kier molecular flexibility index (Phi) is 7.72. The van der Waals surface area contributed by atoms with Crippen LogP contribution in [0.2, 0.25) is 5.02 Å². The van der Waals surface area contributed by atoms with Crippen LogP contribution in [0, 0.1) is 5.92 Å². The Morgan fingerprint density at radius 1 is 1.36 bits per heavy atom. The summed E-state index contributed by atoms with van der Waals surface area (Å²) in [6.45, 7) is 5.45. The van der Waals surface area contributed by atoms with Crippen LogP contribution >= 0.6 is 11.6 Å². The lowest BCUT2D eigenvalue weighted by Crippen LogP contribution is -2.38. The lowest BCUT2D eigenvalue weighted by Gasteiger charge is -2.30. The molecule has 0 saturated carbocycles. The molecular weight excluding hydrogens is 340 g/mol. The van der Waals surface area contributed by atoms with Gasteiger partial charge in [-0.25, -0.2) is 0 Å². The molecule has 1 aromatic rings. The van der Waals surface area contributed by atoms with Crippen LogP contribution in [-0.4, -0.2) is 48.1 Å². The number of likely N-dealkylation sites (tertiary alicyclic amines) is 1. The zero-order chi connectivity index (χ0) is 18.2. The van der Waals surface area contributed by atoms with Gasteiger partial charge in [0.15, 0.2) is 0 Å². The van der Waals surface area contributed by atoms with Crippen molar-refractivity contribution in [1.29, 1.82) is 0 Å². The first-order valence-electron chi connectivity index (χ1n) is 8.90. The summed E-state index contributed by atoms with van der Waals surface area (Å²) in [5, 5.41) is 12.6. The smallest absolute Gasteiger partial charge is 0.304 e. The number of hydrogen-bond donors (Lipinski definition) is 2. The van der Waals surface area contributed by atoms with Crippen LogP contribution in [-0.2, 0) is 9.59 Å². The van der Waals surface area contributed by atoms with Crippen molar-refractivity contribution in [3.63, 3.8) is 0 Å². The fraction of sp³-hybridized carbons (Fsp3) is 0.579. The molecule has 5 nitrogen and oxygen atoms in total. The molecule has 1 amide bonds. The highest BCUT2D eigenvalue weighted by molar-refractivity contribution is 6.30. The third-order valence-electron chi connectivity index (χ3n) is 4.70. The molecule has 0 bridgehead atoms. The molecule has 0 aliphatic carbocycles. The molecular formula is C19H27ClN2O3. The molecule has 0 radical (unpaired) electrons. The Balaban J connectivity index is 1.81. The predicted octanol–water partition coefficient (Wildman–Crippen LogP) is 3.14. The van der Waals surface area contributed by atoms with E-state index in [0.29, 0.717) is 23.9 Å². The topological polar surface area (TPSA) is 69.6 Å². The van der Waals surface area contributed by atoms with Crippen LogP contribution in [0.4, 0.5) is 0 Å². The fourth-order valence-electron chi connectivity index (χ4n) is 3.33. The average Bonchev–Trinajstić information content (AvgIpc) is 2.57. The Bertz CT molecular complexity index is 577. The molecule has 2 N–H and O–H groups in total. The van der Waals surface area contributed by atoms with E-state index >= 15 is 0 Å². The van der Waals surface area contributed by atoms with Gasteiger partial charge in [-0.2, -0.15) is 0 Å². The Morgan fingerprint density at radius 3 is 2.72 bits per heavy atom. The number of halogens is 1. The Morgan fingerprint density at radius 2 is 2.08 bits per heavy atom. The van der Waals surface area contributed by atoms with Gasteiger partial charge in [0.1, 0.15) is 0 Å².